The molecule has 3 aromatic rings. The summed E-state index contributed by atoms with van der Waals surface area (Å²) in [6.45, 7) is 4.92. The Kier molecular flexibility index (Phi) is 9.75. The second kappa shape index (κ2) is 12.9. The Balaban J connectivity index is 1.61. The summed E-state index contributed by atoms with van der Waals surface area (Å²) in [6.07, 6.45) is 0.789. The van der Waals surface area contributed by atoms with Crippen LogP contribution in [0.25, 0.3) is 11.3 Å². The molecule has 1 aliphatic rings. The fraction of sp³-hybridized carbons (Fsp3) is 0.393. The summed E-state index contributed by atoms with van der Waals surface area (Å²) in [4.78, 5) is 6.31. The predicted octanol–water partition coefficient (Wildman–Crippen LogP) is 3.58. The molecule has 3 heterocycles. The zero-order valence-electron chi connectivity index (χ0n) is 23.2. The molecule has 0 amide bonds. The van der Waals surface area contributed by atoms with Crippen LogP contribution in [-0.4, -0.2) is 91.9 Å². The fourth-order valence-corrected chi connectivity index (χ4v) is 5.34. The quantitative estimate of drug-likeness (QED) is 0.130. The van der Waals surface area contributed by atoms with Crippen LogP contribution in [0.2, 0.25) is 0 Å². The monoisotopic (exact) mass is 596 g/mol. The summed E-state index contributed by atoms with van der Waals surface area (Å²) in [5.41, 5.74) is -1.42. The van der Waals surface area contributed by atoms with Crippen molar-refractivity contribution in [1.29, 1.82) is 0 Å². The Morgan fingerprint density at radius 2 is 2.02 bits per heavy atom. The summed E-state index contributed by atoms with van der Waals surface area (Å²) in [6, 6.07) is 8.06. The fourth-order valence-electron chi connectivity index (χ4n) is 4.68. The third-order valence-corrected chi connectivity index (χ3v) is 7.52. The third kappa shape index (κ3) is 8.18. The van der Waals surface area contributed by atoms with Crippen molar-refractivity contribution in [1.82, 2.24) is 19.6 Å². The molecule has 42 heavy (non-hydrogen) atoms. The molecule has 4 radical (unpaired) electrons. The number of anilines is 2. The number of imidazole rings is 1. The molecule has 4 N–H and O–H groups in total. The molecule has 2 unspecified atom stereocenters. The lowest BCUT2D eigenvalue weighted by atomic mass is 9.62. The summed E-state index contributed by atoms with van der Waals surface area (Å²) >= 11 is -0.312. The molecule has 2 atom stereocenters. The van der Waals surface area contributed by atoms with E-state index in [0.29, 0.717) is 35.6 Å². The minimum absolute atomic E-state index is 0.0428. The number of benzene rings is 1. The van der Waals surface area contributed by atoms with E-state index >= 15 is 0 Å². The van der Waals surface area contributed by atoms with Crippen LogP contribution in [0.3, 0.4) is 0 Å². The first-order valence-corrected chi connectivity index (χ1v) is 13.9. The van der Waals surface area contributed by atoms with Gasteiger partial charge in [-0.1, -0.05) is 18.6 Å². The Morgan fingerprint density at radius 3 is 2.69 bits per heavy atom. The van der Waals surface area contributed by atoms with Crippen molar-refractivity contribution in [2.24, 2.45) is 0 Å². The number of aliphatic hydroxyl groups is 1. The molecular formula is C28H30B2F4N6OS. The molecule has 0 spiro atoms. The van der Waals surface area contributed by atoms with Crippen molar-refractivity contribution in [3.05, 3.63) is 59.9 Å². The number of rotatable bonds is 9. The van der Waals surface area contributed by atoms with Gasteiger partial charge in [-0.3, -0.25) is 4.40 Å². The molecule has 4 rings (SSSR count). The summed E-state index contributed by atoms with van der Waals surface area (Å²) in [5.74, 6) is 5.58. The maximum atomic E-state index is 14.7. The number of nitrogens with one attached hydrogen (secondary N) is 3. The van der Waals surface area contributed by atoms with E-state index in [-0.39, 0.29) is 47.6 Å². The number of thioether (sulfide) groups is 1. The molecule has 2 aromatic heterocycles. The van der Waals surface area contributed by atoms with Gasteiger partial charge in [-0.2, -0.15) is 13.2 Å². The molecule has 14 heteroatoms. The van der Waals surface area contributed by atoms with Crippen LogP contribution < -0.4 is 16.0 Å². The van der Waals surface area contributed by atoms with Gasteiger partial charge in [0.25, 0.3) is 0 Å². The molecule has 0 saturated carbocycles. The Bertz CT molecular complexity index is 1500. The Hall–Kier alpha value is -3.27. The summed E-state index contributed by atoms with van der Waals surface area (Å²) < 4.78 is 56.6. The zero-order chi connectivity index (χ0) is 30.7. The van der Waals surface area contributed by atoms with Crippen LogP contribution in [0.5, 0.6) is 0 Å². The number of aromatic nitrogens is 2. The minimum Gasteiger partial charge on any atom is -0.409 e. The second-order valence-corrected chi connectivity index (χ2v) is 11.2. The first-order chi connectivity index (χ1) is 19.7. The topological polar surface area (TPSA) is 76.9 Å². The number of hydrogen-bond donors (Lipinski definition) is 4. The van der Waals surface area contributed by atoms with Crippen molar-refractivity contribution in [3.63, 3.8) is 0 Å². The van der Waals surface area contributed by atoms with Gasteiger partial charge in [0.15, 0.2) is 5.65 Å². The molecule has 1 saturated heterocycles. The lowest BCUT2D eigenvalue weighted by Gasteiger charge is -2.33. The molecule has 0 aliphatic carbocycles. The van der Waals surface area contributed by atoms with Crippen molar-refractivity contribution < 1.29 is 22.7 Å². The van der Waals surface area contributed by atoms with Gasteiger partial charge >= 0.3 is 5.51 Å². The number of likely N-dealkylation sites (tertiary alicyclic amines) is 1. The Morgan fingerprint density at radius 1 is 1.26 bits per heavy atom. The standard InChI is InChI=1S/C28H30B2F4N6OS/c1-17(35-2)18-8-9-21(19(14-18)15-27(29,30)41)36-11-4-6-24-26(42-28(32,33)34)40-12-5-7-23(25(40)38-24)37-22-10-13-39(3)16-20(22)31/h5,7-9,12,14,20,22,35-37,41H,1,10-11,13,15-16H2,2-3H3. The lowest BCUT2D eigenvalue weighted by molar-refractivity contribution is -0.0329. The van der Waals surface area contributed by atoms with Crippen LogP contribution in [-0.2, 0) is 6.42 Å². The summed E-state index contributed by atoms with van der Waals surface area (Å²) in [5, 5.41) is 17.0. The number of nitrogens with zero attached hydrogens (tertiary/aromatic N) is 3. The molecule has 1 fully saturated rings. The third-order valence-electron chi connectivity index (χ3n) is 6.71. The van der Waals surface area contributed by atoms with Gasteiger partial charge in [-0.15, -0.1) is 0 Å². The smallest absolute Gasteiger partial charge is 0.409 e. The van der Waals surface area contributed by atoms with E-state index in [2.05, 4.69) is 39.4 Å². The van der Waals surface area contributed by atoms with Gasteiger partial charge in [0.1, 0.15) is 16.9 Å². The highest BCUT2D eigenvalue weighted by Gasteiger charge is 2.34. The summed E-state index contributed by atoms with van der Waals surface area (Å²) in [7, 11) is 14.8. The first kappa shape index (κ1) is 31.7. The normalized spacial score (nSPS) is 17.9. The van der Waals surface area contributed by atoms with E-state index in [1.807, 2.05) is 11.9 Å². The number of pyridine rings is 1. The van der Waals surface area contributed by atoms with E-state index in [0.717, 1.165) is 5.56 Å². The molecule has 218 valence electrons. The highest BCUT2D eigenvalue weighted by atomic mass is 32.2. The molecule has 7 nitrogen and oxygen atoms in total. The molecule has 0 bridgehead atoms. The van der Waals surface area contributed by atoms with Gasteiger partial charge in [0.05, 0.1) is 34.0 Å². The van der Waals surface area contributed by atoms with Crippen LogP contribution in [0.15, 0.2) is 48.1 Å². The average Bonchev–Trinajstić information content (AvgIpc) is 3.24. The van der Waals surface area contributed by atoms with E-state index in [4.69, 9.17) is 15.7 Å². The number of fused-ring (bicyclic) bond motifs is 1. The van der Waals surface area contributed by atoms with Gasteiger partial charge in [0, 0.05) is 49.5 Å². The number of alkyl halides is 4. The second-order valence-electron chi connectivity index (χ2n) is 10.2. The van der Waals surface area contributed by atoms with E-state index in [9.17, 15) is 22.7 Å². The van der Waals surface area contributed by atoms with Gasteiger partial charge in [-0.25, -0.2) is 9.37 Å². The lowest BCUT2D eigenvalue weighted by Crippen LogP contribution is -2.46. The number of piperidine rings is 1. The highest BCUT2D eigenvalue weighted by Crippen LogP contribution is 2.39. The Labute approximate surface area is 249 Å². The number of halogens is 4. The van der Waals surface area contributed by atoms with Crippen molar-refractivity contribution >= 4 is 50.2 Å². The van der Waals surface area contributed by atoms with Gasteiger partial charge in [-0.05, 0) is 66.6 Å². The number of hydrogen-bond acceptors (Lipinski definition) is 7. The zero-order valence-corrected chi connectivity index (χ0v) is 24.0. The van der Waals surface area contributed by atoms with Crippen LogP contribution in [0.1, 0.15) is 23.2 Å². The van der Waals surface area contributed by atoms with Crippen molar-refractivity contribution in [2.75, 3.05) is 44.4 Å². The maximum Gasteiger partial charge on any atom is 0.447 e. The SMILES string of the molecule is [B]C([B])(O)Cc1cc(C(=C)NC)ccc1NCC#Cc1nc2c(NC3CCN(C)CC3F)cccn2c1SC(F)(F)F. The maximum absolute atomic E-state index is 14.7. The van der Waals surface area contributed by atoms with E-state index < -0.39 is 23.1 Å². The van der Waals surface area contributed by atoms with Gasteiger partial charge < -0.3 is 26.0 Å². The molecule has 1 aromatic carbocycles. The minimum atomic E-state index is -4.58. The molecular weight excluding hydrogens is 566 g/mol. The largest absolute Gasteiger partial charge is 0.447 e. The molecule has 1 aliphatic heterocycles. The van der Waals surface area contributed by atoms with Crippen LogP contribution in [0.4, 0.5) is 28.9 Å². The van der Waals surface area contributed by atoms with E-state index in [1.54, 1.807) is 37.4 Å². The van der Waals surface area contributed by atoms with Crippen molar-refractivity contribution in [2.45, 2.75) is 41.0 Å². The highest BCUT2D eigenvalue weighted by molar-refractivity contribution is 8.00. The first-order valence-electron chi connectivity index (χ1n) is 13.1. The predicted molar refractivity (Wildman–Crippen MR) is 162 cm³/mol. The van der Waals surface area contributed by atoms with Crippen molar-refractivity contribution in [3.8, 4) is 11.8 Å². The van der Waals surface area contributed by atoms with Crippen LogP contribution in [0, 0.1) is 11.8 Å². The van der Waals surface area contributed by atoms with Gasteiger partial charge in [0.2, 0.25) is 0 Å². The van der Waals surface area contributed by atoms with E-state index in [1.165, 1.54) is 10.6 Å². The van der Waals surface area contributed by atoms with Crippen LogP contribution >= 0.6 is 11.8 Å². The average molecular weight is 596 g/mol.